The van der Waals surface area contributed by atoms with Crippen LogP contribution in [0.5, 0.6) is 5.88 Å². The number of hydrogen-bond donors (Lipinski definition) is 1. The molecule has 0 aliphatic heterocycles. The first-order chi connectivity index (χ1) is 9.90. The van der Waals surface area contributed by atoms with Crippen LogP contribution >= 0.6 is 0 Å². The fraction of sp³-hybridized carbons (Fsp3) is 0.0667. The number of rotatable bonds is 1. The molecule has 0 atom stereocenters. The highest BCUT2D eigenvalue weighted by Crippen LogP contribution is 2.33. The van der Waals surface area contributed by atoms with E-state index in [9.17, 15) is 22.7 Å². The van der Waals surface area contributed by atoms with E-state index in [-0.39, 0.29) is 11.6 Å². The van der Waals surface area contributed by atoms with Crippen molar-refractivity contribution in [2.24, 2.45) is 0 Å². The van der Waals surface area contributed by atoms with Crippen molar-refractivity contribution in [1.29, 1.82) is 0 Å². The zero-order valence-corrected chi connectivity index (χ0v) is 10.8. The fourth-order valence-corrected chi connectivity index (χ4v) is 2.32. The Morgan fingerprint density at radius 1 is 0.905 bits per heavy atom. The van der Waals surface area contributed by atoms with Gasteiger partial charge in [-0.2, -0.15) is 0 Å². The molecule has 2 nitrogen and oxygen atoms in total. The molecule has 3 rings (SSSR count). The van der Waals surface area contributed by atoms with E-state index in [2.05, 4.69) is 0 Å². The largest absolute Gasteiger partial charge is 0.494 e. The van der Waals surface area contributed by atoms with Crippen LogP contribution in [-0.2, 0) is 0 Å². The van der Waals surface area contributed by atoms with Gasteiger partial charge in [0.25, 0.3) is 0 Å². The SMILES string of the molecule is Cc1ccc2c(c1)cc(O)n2-c1c(F)cc(F)c(F)c1F. The normalized spacial score (nSPS) is 11.3. The van der Waals surface area contributed by atoms with E-state index in [0.29, 0.717) is 5.39 Å². The Labute approximate surface area is 116 Å². The molecule has 3 aromatic rings. The summed E-state index contributed by atoms with van der Waals surface area (Å²) in [5.41, 5.74) is 0.304. The van der Waals surface area contributed by atoms with Gasteiger partial charge in [0.1, 0.15) is 5.69 Å². The average Bonchev–Trinajstić information content (AvgIpc) is 2.72. The lowest BCUT2D eigenvalue weighted by Gasteiger charge is -2.11. The van der Waals surface area contributed by atoms with E-state index in [1.165, 1.54) is 12.1 Å². The number of aromatic nitrogens is 1. The minimum Gasteiger partial charge on any atom is -0.494 e. The molecule has 0 fully saturated rings. The van der Waals surface area contributed by atoms with E-state index in [4.69, 9.17) is 0 Å². The van der Waals surface area contributed by atoms with Gasteiger partial charge < -0.3 is 5.11 Å². The first-order valence-corrected chi connectivity index (χ1v) is 6.04. The highest BCUT2D eigenvalue weighted by atomic mass is 19.2. The second-order valence-electron chi connectivity index (χ2n) is 4.72. The molecule has 1 aromatic heterocycles. The molecule has 0 aliphatic carbocycles. The molecule has 1 N–H and O–H groups in total. The van der Waals surface area contributed by atoms with Crippen molar-refractivity contribution in [3.05, 3.63) is 59.2 Å². The van der Waals surface area contributed by atoms with Crippen LogP contribution in [-0.4, -0.2) is 9.67 Å². The smallest absolute Gasteiger partial charge is 0.196 e. The van der Waals surface area contributed by atoms with Gasteiger partial charge in [0.15, 0.2) is 29.1 Å². The average molecular weight is 295 g/mol. The van der Waals surface area contributed by atoms with E-state index in [0.717, 1.165) is 10.1 Å². The third kappa shape index (κ3) is 1.94. The third-order valence-corrected chi connectivity index (χ3v) is 3.25. The summed E-state index contributed by atoms with van der Waals surface area (Å²) in [5, 5.41) is 10.4. The van der Waals surface area contributed by atoms with Gasteiger partial charge in [0.05, 0.1) is 5.52 Å². The van der Waals surface area contributed by atoms with Crippen LogP contribution < -0.4 is 0 Å². The molecular formula is C15H9F4NO. The highest BCUT2D eigenvalue weighted by Gasteiger charge is 2.23. The molecule has 108 valence electrons. The Morgan fingerprint density at radius 3 is 2.33 bits per heavy atom. The lowest BCUT2D eigenvalue weighted by atomic mass is 10.2. The monoisotopic (exact) mass is 295 g/mol. The van der Waals surface area contributed by atoms with Crippen molar-refractivity contribution in [2.75, 3.05) is 0 Å². The molecular weight excluding hydrogens is 286 g/mol. The molecule has 0 radical (unpaired) electrons. The van der Waals surface area contributed by atoms with Gasteiger partial charge in [-0.25, -0.2) is 17.6 Å². The van der Waals surface area contributed by atoms with E-state index in [1.54, 1.807) is 12.1 Å². The van der Waals surface area contributed by atoms with Crippen molar-refractivity contribution >= 4 is 10.9 Å². The van der Waals surface area contributed by atoms with Crippen LogP contribution in [0.1, 0.15) is 5.56 Å². The second-order valence-corrected chi connectivity index (χ2v) is 4.72. The van der Waals surface area contributed by atoms with Gasteiger partial charge in [0, 0.05) is 17.5 Å². The number of halogens is 4. The van der Waals surface area contributed by atoms with E-state index in [1.807, 2.05) is 6.92 Å². The van der Waals surface area contributed by atoms with E-state index < -0.39 is 34.8 Å². The van der Waals surface area contributed by atoms with Gasteiger partial charge in [-0.15, -0.1) is 0 Å². The van der Waals surface area contributed by atoms with E-state index >= 15 is 0 Å². The Balaban J connectivity index is 2.41. The molecule has 21 heavy (non-hydrogen) atoms. The van der Waals surface area contributed by atoms with Crippen molar-refractivity contribution in [1.82, 2.24) is 4.57 Å². The lowest BCUT2D eigenvalue weighted by molar-refractivity contribution is 0.415. The molecule has 2 aromatic carbocycles. The number of nitrogens with zero attached hydrogens (tertiary/aromatic N) is 1. The zero-order valence-electron chi connectivity index (χ0n) is 10.8. The van der Waals surface area contributed by atoms with Crippen LogP contribution in [0, 0.1) is 30.2 Å². The predicted molar refractivity (Wildman–Crippen MR) is 69.5 cm³/mol. The molecule has 0 saturated carbocycles. The summed E-state index contributed by atoms with van der Waals surface area (Å²) >= 11 is 0. The quantitative estimate of drug-likeness (QED) is 0.406. The van der Waals surface area contributed by atoms with Crippen molar-refractivity contribution in [3.8, 4) is 11.6 Å². The Morgan fingerprint density at radius 2 is 1.62 bits per heavy atom. The maximum Gasteiger partial charge on any atom is 0.196 e. The minimum atomic E-state index is -1.79. The topological polar surface area (TPSA) is 25.2 Å². The molecule has 0 saturated heterocycles. The zero-order chi connectivity index (χ0) is 15.3. The summed E-state index contributed by atoms with van der Waals surface area (Å²) in [7, 11) is 0. The fourth-order valence-electron chi connectivity index (χ4n) is 2.32. The molecule has 6 heteroatoms. The number of benzene rings is 2. The predicted octanol–water partition coefficient (Wildman–Crippen LogP) is 4.20. The summed E-state index contributed by atoms with van der Waals surface area (Å²) in [6.45, 7) is 1.81. The van der Waals surface area contributed by atoms with Crippen LogP contribution in [0.4, 0.5) is 17.6 Å². The van der Waals surface area contributed by atoms with Crippen LogP contribution in [0.3, 0.4) is 0 Å². The van der Waals surface area contributed by atoms with Gasteiger partial charge in [-0.05, 0) is 19.1 Å². The molecule has 0 amide bonds. The maximum atomic E-state index is 13.9. The minimum absolute atomic E-state index is 0.243. The number of hydrogen-bond acceptors (Lipinski definition) is 1. The Hall–Kier alpha value is -2.50. The van der Waals surface area contributed by atoms with Crippen molar-refractivity contribution < 1.29 is 22.7 Å². The molecule has 1 heterocycles. The Bertz CT molecular complexity index is 870. The van der Waals surface area contributed by atoms with Gasteiger partial charge >= 0.3 is 0 Å². The Kier molecular flexibility index (Phi) is 2.90. The van der Waals surface area contributed by atoms with Crippen LogP contribution in [0.2, 0.25) is 0 Å². The highest BCUT2D eigenvalue weighted by molar-refractivity contribution is 5.85. The summed E-state index contributed by atoms with van der Waals surface area (Å²) < 4.78 is 54.9. The molecule has 0 bridgehead atoms. The first kappa shape index (κ1) is 13.5. The summed E-state index contributed by atoms with van der Waals surface area (Å²) in [4.78, 5) is 0. The van der Waals surface area contributed by atoms with Crippen LogP contribution in [0.15, 0.2) is 30.3 Å². The van der Waals surface area contributed by atoms with Gasteiger partial charge in [0.2, 0.25) is 0 Å². The molecule has 0 aliphatic rings. The number of aromatic hydroxyl groups is 1. The first-order valence-electron chi connectivity index (χ1n) is 6.04. The lowest BCUT2D eigenvalue weighted by Crippen LogP contribution is -2.05. The second kappa shape index (κ2) is 4.51. The number of aryl methyl sites for hydroxylation is 1. The molecule has 0 unspecified atom stereocenters. The van der Waals surface area contributed by atoms with Crippen LogP contribution in [0.25, 0.3) is 16.6 Å². The van der Waals surface area contributed by atoms with Gasteiger partial charge in [-0.3, -0.25) is 4.57 Å². The third-order valence-electron chi connectivity index (χ3n) is 3.25. The summed E-state index contributed by atoms with van der Waals surface area (Å²) in [6.07, 6.45) is 0. The van der Waals surface area contributed by atoms with Gasteiger partial charge in [-0.1, -0.05) is 11.6 Å². The number of fused-ring (bicyclic) bond motifs is 1. The molecule has 0 spiro atoms. The maximum absolute atomic E-state index is 13.9. The summed E-state index contributed by atoms with van der Waals surface area (Å²) in [5.74, 6) is -6.89. The van der Waals surface area contributed by atoms with Crippen molar-refractivity contribution in [2.45, 2.75) is 6.92 Å². The standard InChI is InChI=1S/C15H9F4NO/c1-7-2-3-11-8(4-7)5-12(21)20(11)15-10(17)6-9(16)13(18)14(15)19/h2-6,21H,1H3. The summed E-state index contributed by atoms with van der Waals surface area (Å²) in [6, 6.07) is 6.44. The van der Waals surface area contributed by atoms with Crippen molar-refractivity contribution in [3.63, 3.8) is 0 Å².